The molecule has 0 aromatic rings. The summed E-state index contributed by atoms with van der Waals surface area (Å²) in [5.74, 6) is 0. The van der Waals surface area contributed by atoms with Gasteiger partial charge in [0, 0.05) is 11.1 Å². The van der Waals surface area contributed by atoms with E-state index in [0.29, 0.717) is 24.0 Å². The average Bonchev–Trinajstić information content (AvgIpc) is 2.20. The molecule has 0 atom stereocenters. The molecule has 0 saturated carbocycles. The summed E-state index contributed by atoms with van der Waals surface area (Å²) in [6.45, 7) is 4.00. The van der Waals surface area contributed by atoms with Crippen LogP contribution in [0.15, 0.2) is 11.1 Å². The average molecular weight is 200 g/mol. The standard InChI is InChI=1S/C8H8ClNO.C2H6/c9-8(11)7-4-2-1-3-6(7)5-10;1-2/h1-4H2;1-2H3. The van der Waals surface area contributed by atoms with E-state index < -0.39 is 5.24 Å². The Morgan fingerprint density at radius 1 is 1.38 bits per heavy atom. The number of nitrogens with zero attached hydrogens (tertiary/aromatic N) is 1. The van der Waals surface area contributed by atoms with Gasteiger partial charge < -0.3 is 0 Å². The Bertz CT molecular complexity index is 250. The van der Waals surface area contributed by atoms with E-state index in [2.05, 4.69) is 0 Å². The smallest absolute Gasteiger partial charge is 0.249 e. The molecular formula is C10H14ClNO. The van der Waals surface area contributed by atoms with Gasteiger partial charge in [-0.05, 0) is 37.3 Å². The number of nitriles is 1. The topological polar surface area (TPSA) is 40.9 Å². The van der Waals surface area contributed by atoms with Crippen molar-refractivity contribution in [2.75, 3.05) is 0 Å². The molecule has 1 aliphatic carbocycles. The van der Waals surface area contributed by atoms with Gasteiger partial charge in [-0.15, -0.1) is 0 Å². The van der Waals surface area contributed by atoms with Crippen molar-refractivity contribution in [1.82, 2.24) is 0 Å². The summed E-state index contributed by atoms with van der Waals surface area (Å²) in [6, 6.07) is 2.01. The maximum atomic E-state index is 10.7. The number of carbonyl (C=O) groups is 1. The lowest BCUT2D eigenvalue weighted by Crippen LogP contribution is -2.03. The largest absolute Gasteiger partial charge is 0.276 e. The third-order valence-corrected chi connectivity index (χ3v) is 2.07. The van der Waals surface area contributed by atoms with Gasteiger partial charge in [-0.3, -0.25) is 4.79 Å². The van der Waals surface area contributed by atoms with Gasteiger partial charge in [0.25, 0.3) is 0 Å². The third kappa shape index (κ3) is 3.61. The van der Waals surface area contributed by atoms with E-state index in [9.17, 15) is 4.79 Å². The summed E-state index contributed by atoms with van der Waals surface area (Å²) < 4.78 is 0. The molecule has 0 unspecified atom stereocenters. The van der Waals surface area contributed by atoms with Gasteiger partial charge in [-0.1, -0.05) is 13.8 Å². The summed E-state index contributed by atoms with van der Waals surface area (Å²) >= 11 is 5.28. The van der Waals surface area contributed by atoms with E-state index in [4.69, 9.17) is 16.9 Å². The number of carbonyl (C=O) groups excluding carboxylic acids is 1. The zero-order valence-electron chi connectivity index (χ0n) is 8.06. The number of halogens is 1. The molecule has 2 nitrogen and oxygen atoms in total. The second-order valence-electron chi connectivity index (χ2n) is 2.55. The van der Waals surface area contributed by atoms with E-state index in [1.165, 1.54) is 0 Å². The molecule has 1 rings (SSSR count). The van der Waals surface area contributed by atoms with Gasteiger partial charge in [0.15, 0.2) is 0 Å². The van der Waals surface area contributed by atoms with Crippen molar-refractivity contribution in [2.45, 2.75) is 39.5 Å². The third-order valence-electron chi connectivity index (χ3n) is 1.84. The molecule has 0 aliphatic heterocycles. The van der Waals surface area contributed by atoms with Crippen LogP contribution in [0.1, 0.15) is 39.5 Å². The lowest BCUT2D eigenvalue weighted by molar-refractivity contribution is -0.108. The summed E-state index contributed by atoms with van der Waals surface area (Å²) in [7, 11) is 0. The molecule has 0 spiro atoms. The lowest BCUT2D eigenvalue weighted by atomic mass is 9.93. The van der Waals surface area contributed by atoms with Gasteiger partial charge >= 0.3 is 0 Å². The minimum atomic E-state index is -0.457. The number of hydrogen-bond acceptors (Lipinski definition) is 2. The van der Waals surface area contributed by atoms with Crippen LogP contribution in [0.2, 0.25) is 0 Å². The van der Waals surface area contributed by atoms with Crippen LogP contribution in [0.4, 0.5) is 0 Å². The van der Waals surface area contributed by atoms with Gasteiger partial charge in [0.1, 0.15) is 0 Å². The minimum Gasteiger partial charge on any atom is -0.276 e. The molecule has 0 aromatic carbocycles. The van der Waals surface area contributed by atoms with Gasteiger partial charge in [-0.2, -0.15) is 5.26 Å². The molecule has 72 valence electrons. The van der Waals surface area contributed by atoms with Crippen LogP contribution in [0.5, 0.6) is 0 Å². The predicted molar refractivity (Wildman–Crippen MR) is 53.3 cm³/mol. The summed E-state index contributed by atoms with van der Waals surface area (Å²) in [5.41, 5.74) is 1.11. The molecule has 0 bridgehead atoms. The van der Waals surface area contributed by atoms with Crippen LogP contribution in [0, 0.1) is 11.3 Å². The second kappa shape index (κ2) is 6.68. The number of allylic oxidation sites excluding steroid dienone is 2. The van der Waals surface area contributed by atoms with Crippen molar-refractivity contribution < 1.29 is 4.79 Å². The maximum Gasteiger partial charge on any atom is 0.249 e. The van der Waals surface area contributed by atoms with Gasteiger partial charge in [0.05, 0.1) is 6.07 Å². The van der Waals surface area contributed by atoms with Crippen molar-refractivity contribution in [2.24, 2.45) is 0 Å². The molecule has 0 saturated heterocycles. The van der Waals surface area contributed by atoms with E-state index in [1.807, 2.05) is 19.9 Å². The Labute approximate surface area is 84.2 Å². The molecule has 0 radical (unpaired) electrons. The van der Waals surface area contributed by atoms with Crippen LogP contribution < -0.4 is 0 Å². The molecule has 0 fully saturated rings. The van der Waals surface area contributed by atoms with E-state index in [1.54, 1.807) is 0 Å². The van der Waals surface area contributed by atoms with E-state index >= 15 is 0 Å². The molecule has 0 heterocycles. The number of hydrogen-bond donors (Lipinski definition) is 0. The lowest BCUT2D eigenvalue weighted by Gasteiger charge is -2.11. The van der Waals surface area contributed by atoms with Crippen molar-refractivity contribution in [3.05, 3.63) is 11.1 Å². The molecule has 0 N–H and O–H groups in total. The normalized spacial score (nSPS) is 15.5. The second-order valence-corrected chi connectivity index (χ2v) is 2.89. The number of rotatable bonds is 1. The Kier molecular flexibility index (Phi) is 6.26. The fourth-order valence-corrected chi connectivity index (χ4v) is 1.45. The highest BCUT2D eigenvalue weighted by atomic mass is 35.5. The Morgan fingerprint density at radius 3 is 2.31 bits per heavy atom. The predicted octanol–water partition coefficient (Wildman–Crippen LogP) is 3.17. The zero-order chi connectivity index (χ0) is 10.3. The monoisotopic (exact) mass is 199 g/mol. The first-order chi connectivity index (χ1) is 6.25. The van der Waals surface area contributed by atoms with Gasteiger partial charge in [-0.25, -0.2) is 0 Å². The molecule has 13 heavy (non-hydrogen) atoms. The minimum absolute atomic E-state index is 0.457. The first kappa shape index (κ1) is 12.2. The highest BCUT2D eigenvalue weighted by Gasteiger charge is 2.16. The van der Waals surface area contributed by atoms with Crippen LogP contribution in [-0.4, -0.2) is 5.24 Å². The fourth-order valence-electron chi connectivity index (χ4n) is 1.25. The summed E-state index contributed by atoms with van der Waals surface area (Å²) in [6.07, 6.45) is 3.35. The highest BCUT2D eigenvalue weighted by Crippen LogP contribution is 2.25. The maximum absolute atomic E-state index is 10.7. The molecule has 0 amide bonds. The molecular weight excluding hydrogens is 186 g/mol. The van der Waals surface area contributed by atoms with Crippen molar-refractivity contribution in [3.8, 4) is 6.07 Å². The van der Waals surface area contributed by atoms with E-state index in [-0.39, 0.29) is 0 Å². The molecule has 0 aromatic heterocycles. The van der Waals surface area contributed by atoms with Crippen LogP contribution in [-0.2, 0) is 4.79 Å². The Hall–Kier alpha value is -0.810. The van der Waals surface area contributed by atoms with Crippen LogP contribution >= 0.6 is 11.6 Å². The first-order valence-corrected chi connectivity index (χ1v) is 4.95. The quantitative estimate of drug-likeness (QED) is 0.609. The molecule has 1 aliphatic rings. The molecule has 3 heteroatoms. The Balaban J connectivity index is 0.000000671. The van der Waals surface area contributed by atoms with Crippen LogP contribution in [0.3, 0.4) is 0 Å². The van der Waals surface area contributed by atoms with Crippen LogP contribution in [0.25, 0.3) is 0 Å². The summed E-state index contributed by atoms with van der Waals surface area (Å²) in [4.78, 5) is 10.7. The summed E-state index contributed by atoms with van der Waals surface area (Å²) in [5, 5.41) is 8.13. The van der Waals surface area contributed by atoms with Gasteiger partial charge in [0.2, 0.25) is 5.24 Å². The van der Waals surface area contributed by atoms with Crippen molar-refractivity contribution in [3.63, 3.8) is 0 Å². The first-order valence-electron chi connectivity index (χ1n) is 4.57. The highest BCUT2D eigenvalue weighted by molar-refractivity contribution is 6.67. The fraction of sp³-hybridized carbons (Fsp3) is 0.600. The van der Waals surface area contributed by atoms with Crippen molar-refractivity contribution >= 4 is 16.8 Å². The van der Waals surface area contributed by atoms with E-state index in [0.717, 1.165) is 12.8 Å². The Morgan fingerprint density at radius 2 is 1.92 bits per heavy atom. The SMILES string of the molecule is CC.N#CC1=C(C(=O)Cl)CCCC1. The zero-order valence-corrected chi connectivity index (χ0v) is 8.82. The van der Waals surface area contributed by atoms with Crippen molar-refractivity contribution in [1.29, 1.82) is 5.26 Å².